The summed E-state index contributed by atoms with van der Waals surface area (Å²) in [6, 6.07) is 15.7. The molecule has 0 saturated carbocycles. The number of hydrogen-bond acceptors (Lipinski definition) is 9. The average molecular weight is 554 g/mol. The molecule has 4 aromatic rings. The van der Waals surface area contributed by atoms with E-state index in [1.54, 1.807) is 24.3 Å². The van der Waals surface area contributed by atoms with Gasteiger partial charge in [-0.3, -0.25) is 0 Å². The van der Waals surface area contributed by atoms with Crippen LogP contribution in [0, 0.1) is 0 Å². The van der Waals surface area contributed by atoms with Crippen LogP contribution in [0.5, 0.6) is 0 Å². The molecule has 0 amide bonds. The number of ether oxygens (including phenoxy) is 2. The van der Waals surface area contributed by atoms with Crippen LogP contribution in [0.2, 0.25) is 0 Å². The summed E-state index contributed by atoms with van der Waals surface area (Å²) in [5, 5.41) is 18.6. The Hall–Kier alpha value is -3.19. The topological polar surface area (TPSA) is 138 Å². The Balaban J connectivity index is 1.27. The number of thiazole rings is 1. The summed E-state index contributed by atoms with van der Waals surface area (Å²) in [5.41, 5.74) is 2.02. The van der Waals surface area contributed by atoms with Crippen molar-refractivity contribution in [3.63, 3.8) is 0 Å². The average Bonchev–Trinajstić information content (AvgIpc) is 3.57. The molecule has 0 spiro atoms. The molecule has 11 heteroatoms. The molecule has 0 unspecified atom stereocenters. The van der Waals surface area contributed by atoms with Crippen LogP contribution in [-0.4, -0.2) is 43.3 Å². The summed E-state index contributed by atoms with van der Waals surface area (Å²) in [6.07, 6.45) is 4.62. The smallest absolute Gasteiger partial charge is 0.238 e. The summed E-state index contributed by atoms with van der Waals surface area (Å²) >= 11 is 1.44. The quantitative estimate of drug-likeness (QED) is 0.292. The maximum absolute atomic E-state index is 11.6. The number of aliphatic hydroxyl groups is 1. The highest BCUT2D eigenvalue weighted by atomic mass is 32.2. The minimum atomic E-state index is -3.80. The van der Waals surface area contributed by atoms with Gasteiger partial charge in [0.1, 0.15) is 16.3 Å². The van der Waals surface area contributed by atoms with Gasteiger partial charge in [-0.15, -0.1) is 11.3 Å². The van der Waals surface area contributed by atoms with Crippen LogP contribution < -0.4 is 5.14 Å². The molecule has 0 bridgehead atoms. The molecule has 3 heterocycles. The van der Waals surface area contributed by atoms with Crippen molar-refractivity contribution >= 4 is 27.4 Å². The van der Waals surface area contributed by atoms with Gasteiger partial charge in [-0.1, -0.05) is 36.4 Å². The van der Waals surface area contributed by atoms with Crippen molar-refractivity contribution < 1.29 is 27.4 Å². The number of oxazole rings is 1. The van der Waals surface area contributed by atoms with Crippen molar-refractivity contribution in [2.45, 2.75) is 29.9 Å². The monoisotopic (exact) mass is 553 g/mol. The van der Waals surface area contributed by atoms with E-state index in [1.165, 1.54) is 23.5 Å². The first kappa shape index (κ1) is 26.4. The van der Waals surface area contributed by atoms with E-state index >= 15 is 0 Å². The molecule has 38 heavy (non-hydrogen) atoms. The van der Waals surface area contributed by atoms with E-state index in [2.05, 4.69) is 9.97 Å². The minimum absolute atomic E-state index is 0.0217. The molecule has 1 saturated heterocycles. The predicted molar refractivity (Wildman–Crippen MR) is 144 cm³/mol. The number of primary sulfonamides is 1. The molecular formula is C27H27N3O6S2. The van der Waals surface area contributed by atoms with E-state index in [9.17, 15) is 13.5 Å². The first-order valence-electron chi connectivity index (χ1n) is 12.0. The normalized spacial score (nSPS) is 15.7. The van der Waals surface area contributed by atoms with Gasteiger partial charge in [0.25, 0.3) is 0 Å². The zero-order chi connectivity index (χ0) is 26.6. The summed E-state index contributed by atoms with van der Waals surface area (Å²) in [4.78, 5) is 9.22. The molecular weight excluding hydrogens is 526 g/mol. The molecule has 5 rings (SSSR count). The highest BCUT2D eigenvalue weighted by molar-refractivity contribution is 7.89. The van der Waals surface area contributed by atoms with E-state index in [0.717, 1.165) is 11.3 Å². The first-order chi connectivity index (χ1) is 18.3. The van der Waals surface area contributed by atoms with Crippen LogP contribution in [-0.2, 0) is 31.7 Å². The van der Waals surface area contributed by atoms with Gasteiger partial charge < -0.3 is 19.0 Å². The molecule has 3 N–H and O–H groups in total. The van der Waals surface area contributed by atoms with Crippen molar-refractivity contribution in [2.75, 3.05) is 19.8 Å². The van der Waals surface area contributed by atoms with Gasteiger partial charge in [0.2, 0.25) is 15.9 Å². The highest BCUT2D eigenvalue weighted by Gasteiger charge is 2.34. The van der Waals surface area contributed by atoms with Crippen LogP contribution in [0.4, 0.5) is 0 Å². The second kappa shape index (κ2) is 11.3. The fourth-order valence-corrected chi connectivity index (χ4v) is 5.56. The van der Waals surface area contributed by atoms with Crippen LogP contribution in [0.1, 0.15) is 29.4 Å². The Morgan fingerprint density at radius 3 is 2.50 bits per heavy atom. The lowest BCUT2D eigenvalue weighted by molar-refractivity contribution is -0.0681. The summed E-state index contributed by atoms with van der Waals surface area (Å²) in [7, 11) is -3.80. The third-order valence-corrected chi connectivity index (χ3v) is 8.14. The van der Waals surface area contributed by atoms with E-state index in [0.29, 0.717) is 67.2 Å². The second-order valence-corrected chi connectivity index (χ2v) is 11.3. The molecule has 198 valence electrons. The number of benzene rings is 2. The third kappa shape index (κ3) is 6.09. The maximum Gasteiger partial charge on any atom is 0.238 e. The lowest BCUT2D eigenvalue weighted by Gasteiger charge is -2.29. The second-order valence-electron chi connectivity index (χ2n) is 8.87. The SMILES string of the molecule is NS(=O)(=O)c1ccc(-c2oc(C=CCOCc3csc(C4(O)CCOCC4)n3)nc2-c2ccccc2)cc1. The Kier molecular flexibility index (Phi) is 7.84. The number of nitrogens with zero attached hydrogens (tertiary/aromatic N) is 2. The van der Waals surface area contributed by atoms with Crippen molar-refractivity contribution in [1.82, 2.24) is 9.97 Å². The van der Waals surface area contributed by atoms with E-state index in [4.69, 9.17) is 19.0 Å². The van der Waals surface area contributed by atoms with E-state index in [-0.39, 0.29) is 4.90 Å². The Labute approximate surface area is 224 Å². The molecule has 2 aromatic heterocycles. The Bertz CT molecular complexity index is 1510. The number of nitrogens with two attached hydrogens (primary N) is 1. The fraction of sp³-hybridized carbons (Fsp3) is 0.259. The van der Waals surface area contributed by atoms with E-state index < -0.39 is 15.6 Å². The summed E-state index contributed by atoms with van der Waals surface area (Å²) < 4.78 is 40.4. The van der Waals surface area contributed by atoms with Crippen LogP contribution in [0.25, 0.3) is 28.7 Å². The number of sulfonamides is 1. The Morgan fingerprint density at radius 2 is 1.79 bits per heavy atom. The molecule has 1 aliphatic rings. The molecule has 1 aliphatic heterocycles. The number of rotatable bonds is 9. The first-order valence-corrected chi connectivity index (χ1v) is 14.4. The lowest BCUT2D eigenvalue weighted by atomic mass is 9.95. The highest BCUT2D eigenvalue weighted by Crippen LogP contribution is 2.35. The van der Waals surface area contributed by atoms with Crippen molar-refractivity contribution in [3.05, 3.63) is 82.6 Å². The summed E-state index contributed by atoms with van der Waals surface area (Å²) in [6.45, 7) is 1.69. The predicted octanol–water partition coefficient (Wildman–Crippen LogP) is 4.34. The van der Waals surface area contributed by atoms with Crippen molar-refractivity contribution in [1.29, 1.82) is 0 Å². The van der Waals surface area contributed by atoms with Crippen molar-refractivity contribution in [2.24, 2.45) is 5.14 Å². The van der Waals surface area contributed by atoms with E-state index in [1.807, 2.05) is 35.7 Å². The third-order valence-electron chi connectivity index (χ3n) is 6.13. The van der Waals surface area contributed by atoms with Gasteiger partial charge in [-0.25, -0.2) is 23.5 Å². The number of hydrogen-bond donors (Lipinski definition) is 2. The largest absolute Gasteiger partial charge is 0.436 e. The maximum atomic E-state index is 11.6. The van der Waals surface area contributed by atoms with Gasteiger partial charge in [-0.2, -0.15) is 0 Å². The fourth-order valence-electron chi connectivity index (χ4n) is 4.08. The molecule has 2 aromatic carbocycles. The van der Waals surface area contributed by atoms with Crippen molar-refractivity contribution in [3.8, 4) is 22.6 Å². The van der Waals surface area contributed by atoms with Gasteiger partial charge in [0.15, 0.2) is 5.76 Å². The zero-order valence-electron chi connectivity index (χ0n) is 20.4. The molecule has 0 aliphatic carbocycles. The van der Waals surface area contributed by atoms with Crippen LogP contribution in [0.3, 0.4) is 0 Å². The van der Waals surface area contributed by atoms with Gasteiger partial charge in [-0.05, 0) is 30.3 Å². The van der Waals surface area contributed by atoms with Crippen LogP contribution >= 0.6 is 11.3 Å². The van der Waals surface area contributed by atoms with Gasteiger partial charge >= 0.3 is 0 Å². The zero-order valence-corrected chi connectivity index (χ0v) is 22.1. The van der Waals surface area contributed by atoms with Crippen LogP contribution in [0.15, 0.2) is 75.4 Å². The number of aromatic nitrogens is 2. The Morgan fingerprint density at radius 1 is 1.05 bits per heavy atom. The minimum Gasteiger partial charge on any atom is -0.436 e. The summed E-state index contributed by atoms with van der Waals surface area (Å²) in [5.74, 6) is 0.898. The lowest BCUT2D eigenvalue weighted by Crippen LogP contribution is -2.33. The molecule has 0 radical (unpaired) electrons. The standard InChI is InChI=1S/C27H27N3O6S2/c28-38(32,33)22-10-8-20(9-11-22)25-24(19-5-2-1-3-6-19)30-23(36-25)7-4-14-35-17-21-18-37-26(29-21)27(31)12-15-34-16-13-27/h1-11,18,31H,12-17H2,(H2,28,32,33). The molecule has 1 fully saturated rings. The molecule has 9 nitrogen and oxygen atoms in total. The van der Waals surface area contributed by atoms with Gasteiger partial charge in [0, 0.05) is 42.6 Å². The molecule has 0 atom stereocenters. The van der Waals surface area contributed by atoms with Gasteiger partial charge in [0.05, 0.1) is 23.8 Å².